The molecule has 1 N–H and O–H groups in total. The van der Waals surface area contributed by atoms with Gasteiger partial charge in [-0.15, -0.1) is 0 Å². The molecule has 2 rings (SSSR count). The summed E-state index contributed by atoms with van der Waals surface area (Å²) in [4.78, 5) is 12.1. The van der Waals surface area contributed by atoms with E-state index < -0.39 is 11.7 Å². The summed E-state index contributed by atoms with van der Waals surface area (Å²) in [5.74, 6) is -0.0676. The van der Waals surface area contributed by atoms with Crippen molar-refractivity contribution in [3.63, 3.8) is 0 Å². The monoisotopic (exact) mass is 274 g/mol. The normalized spacial score (nSPS) is 29.8. The molecule has 0 radical (unpaired) electrons. The molecule has 0 unspecified atom stereocenters. The second kappa shape index (κ2) is 5.80. The minimum Gasteiger partial charge on any atom is -0.456 e. The molecule has 1 aromatic rings. The molecule has 0 spiro atoms. The number of carbonyl (C=O) groups is 1. The average molecular weight is 274 g/mol. The summed E-state index contributed by atoms with van der Waals surface area (Å²) in [6.07, 6.45) is 1.67. The lowest BCUT2D eigenvalue weighted by Gasteiger charge is -2.40. The van der Waals surface area contributed by atoms with E-state index in [0.717, 1.165) is 12.0 Å². The molecule has 1 fully saturated rings. The van der Waals surface area contributed by atoms with Gasteiger partial charge < -0.3 is 9.84 Å². The zero-order valence-electron chi connectivity index (χ0n) is 12.1. The second-order valence-corrected chi connectivity index (χ2v) is 5.93. The quantitative estimate of drug-likeness (QED) is 0.679. The Kier molecular flexibility index (Phi) is 4.29. The van der Waals surface area contributed by atoms with Gasteiger partial charge in [-0.1, -0.05) is 30.4 Å². The Hall–Kier alpha value is -1.61. The maximum Gasteiger partial charge on any atom is 0.338 e. The molecule has 1 aliphatic rings. The molecule has 1 saturated carbocycles. The Labute approximate surface area is 120 Å². The Balaban J connectivity index is 2.09. The van der Waals surface area contributed by atoms with Crippen LogP contribution in [0.15, 0.2) is 42.5 Å². The molecule has 1 aromatic carbocycles. The van der Waals surface area contributed by atoms with Crippen molar-refractivity contribution in [1.82, 2.24) is 0 Å². The van der Waals surface area contributed by atoms with Gasteiger partial charge in [0.2, 0.25) is 0 Å². The molecule has 3 nitrogen and oxygen atoms in total. The maximum absolute atomic E-state index is 12.1. The molecule has 1 aliphatic carbocycles. The zero-order valence-corrected chi connectivity index (χ0v) is 12.1. The standard InChI is InChI=1S/C17H22O3/c1-12(2)14-9-10-17(3,19)15(11-14)20-16(18)13-7-5-4-6-8-13/h4-8,14-15,19H,1,9-11H2,2-3H3/t14-,15+,17+/m1/s1. The molecular weight excluding hydrogens is 252 g/mol. The van der Waals surface area contributed by atoms with Gasteiger partial charge in [-0.05, 0) is 51.2 Å². The van der Waals surface area contributed by atoms with Crippen LogP contribution < -0.4 is 0 Å². The molecular formula is C17H22O3. The van der Waals surface area contributed by atoms with Gasteiger partial charge in [-0.25, -0.2) is 4.79 Å². The van der Waals surface area contributed by atoms with Crippen LogP contribution in [0.25, 0.3) is 0 Å². The van der Waals surface area contributed by atoms with Gasteiger partial charge in [-0.2, -0.15) is 0 Å². The number of hydrogen-bond acceptors (Lipinski definition) is 3. The highest BCUT2D eigenvalue weighted by Crippen LogP contribution is 2.37. The predicted molar refractivity (Wildman–Crippen MR) is 78.4 cm³/mol. The number of rotatable bonds is 3. The Morgan fingerprint density at radius 1 is 1.40 bits per heavy atom. The van der Waals surface area contributed by atoms with Gasteiger partial charge >= 0.3 is 5.97 Å². The molecule has 0 heterocycles. The number of esters is 1. The number of ether oxygens (including phenoxy) is 1. The fourth-order valence-corrected chi connectivity index (χ4v) is 2.65. The lowest BCUT2D eigenvalue weighted by atomic mass is 9.75. The first-order chi connectivity index (χ1) is 9.40. The third kappa shape index (κ3) is 3.28. The Morgan fingerprint density at radius 3 is 2.65 bits per heavy atom. The Morgan fingerprint density at radius 2 is 2.05 bits per heavy atom. The predicted octanol–water partition coefficient (Wildman–Crippen LogP) is 3.34. The fourth-order valence-electron chi connectivity index (χ4n) is 2.65. The van der Waals surface area contributed by atoms with Crippen LogP contribution in [0, 0.1) is 5.92 Å². The first kappa shape index (κ1) is 14.8. The van der Waals surface area contributed by atoms with E-state index in [9.17, 15) is 9.90 Å². The van der Waals surface area contributed by atoms with Crippen molar-refractivity contribution in [3.8, 4) is 0 Å². The smallest absolute Gasteiger partial charge is 0.338 e. The van der Waals surface area contributed by atoms with Gasteiger partial charge in [0.1, 0.15) is 6.10 Å². The molecule has 20 heavy (non-hydrogen) atoms. The third-order valence-corrected chi connectivity index (χ3v) is 4.15. The van der Waals surface area contributed by atoms with Crippen molar-refractivity contribution in [2.75, 3.05) is 0 Å². The van der Waals surface area contributed by atoms with Crippen molar-refractivity contribution in [1.29, 1.82) is 0 Å². The number of carbonyl (C=O) groups excluding carboxylic acids is 1. The van der Waals surface area contributed by atoms with Gasteiger partial charge in [0.15, 0.2) is 0 Å². The van der Waals surface area contributed by atoms with Gasteiger partial charge in [0.25, 0.3) is 0 Å². The third-order valence-electron chi connectivity index (χ3n) is 4.15. The topological polar surface area (TPSA) is 46.5 Å². The molecule has 3 atom stereocenters. The summed E-state index contributed by atoms with van der Waals surface area (Å²) in [7, 11) is 0. The van der Waals surface area contributed by atoms with Gasteiger partial charge in [-0.3, -0.25) is 0 Å². The molecule has 3 heteroatoms. The second-order valence-electron chi connectivity index (χ2n) is 5.93. The highest BCUT2D eigenvalue weighted by Gasteiger charge is 2.41. The van der Waals surface area contributed by atoms with Crippen LogP contribution in [0.1, 0.15) is 43.5 Å². The van der Waals surface area contributed by atoms with Crippen LogP contribution in [0.2, 0.25) is 0 Å². The lowest BCUT2D eigenvalue weighted by molar-refractivity contribution is -0.104. The van der Waals surface area contributed by atoms with Crippen molar-refractivity contribution in [2.45, 2.75) is 44.8 Å². The minimum atomic E-state index is -0.962. The zero-order chi connectivity index (χ0) is 14.8. The SMILES string of the molecule is C=C(C)[C@@H]1CC[C@](C)(O)[C@@H](OC(=O)c2ccccc2)C1. The minimum absolute atomic E-state index is 0.309. The van der Waals surface area contributed by atoms with Crippen LogP contribution in [-0.4, -0.2) is 22.8 Å². The summed E-state index contributed by atoms with van der Waals surface area (Å²) in [6.45, 7) is 7.70. The maximum atomic E-state index is 12.1. The summed E-state index contributed by atoms with van der Waals surface area (Å²) < 4.78 is 5.54. The van der Waals surface area contributed by atoms with Crippen LogP contribution in [-0.2, 0) is 4.74 Å². The van der Waals surface area contributed by atoms with Crippen molar-refractivity contribution in [3.05, 3.63) is 48.0 Å². The van der Waals surface area contributed by atoms with Crippen LogP contribution in [0.4, 0.5) is 0 Å². The fraction of sp³-hybridized carbons (Fsp3) is 0.471. The van der Waals surface area contributed by atoms with Crippen molar-refractivity contribution in [2.24, 2.45) is 5.92 Å². The molecule has 0 bridgehead atoms. The van der Waals surface area contributed by atoms with Gasteiger partial charge in [0, 0.05) is 0 Å². The van der Waals surface area contributed by atoms with E-state index in [1.807, 2.05) is 13.0 Å². The largest absolute Gasteiger partial charge is 0.456 e. The van der Waals surface area contributed by atoms with Crippen LogP contribution >= 0.6 is 0 Å². The summed E-state index contributed by atoms with van der Waals surface area (Å²) in [6, 6.07) is 8.88. The summed E-state index contributed by atoms with van der Waals surface area (Å²) >= 11 is 0. The van der Waals surface area contributed by atoms with E-state index in [2.05, 4.69) is 6.58 Å². The lowest BCUT2D eigenvalue weighted by Crippen LogP contribution is -2.47. The van der Waals surface area contributed by atoms with E-state index in [4.69, 9.17) is 4.74 Å². The summed E-state index contributed by atoms with van der Waals surface area (Å²) in [5.41, 5.74) is 0.637. The van der Waals surface area contributed by atoms with Gasteiger partial charge in [0.05, 0.1) is 11.2 Å². The number of allylic oxidation sites excluding steroid dienone is 1. The van der Waals surface area contributed by atoms with Crippen LogP contribution in [0.3, 0.4) is 0 Å². The molecule has 0 aliphatic heterocycles. The average Bonchev–Trinajstić information content (AvgIpc) is 2.41. The first-order valence-corrected chi connectivity index (χ1v) is 7.04. The van der Waals surface area contributed by atoms with E-state index in [0.29, 0.717) is 24.3 Å². The number of benzene rings is 1. The van der Waals surface area contributed by atoms with Crippen molar-refractivity contribution < 1.29 is 14.6 Å². The number of aliphatic hydroxyl groups is 1. The van der Waals surface area contributed by atoms with Crippen LogP contribution in [0.5, 0.6) is 0 Å². The molecule has 0 amide bonds. The summed E-state index contributed by atoms with van der Waals surface area (Å²) in [5, 5.41) is 10.4. The van der Waals surface area contributed by atoms with E-state index in [1.165, 1.54) is 0 Å². The highest BCUT2D eigenvalue weighted by atomic mass is 16.6. The van der Waals surface area contributed by atoms with E-state index in [1.54, 1.807) is 31.2 Å². The first-order valence-electron chi connectivity index (χ1n) is 7.04. The molecule has 0 aromatic heterocycles. The molecule has 0 saturated heterocycles. The Bertz CT molecular complexity index is 490. The van der Waals surface area contributed by atoms with E-state index >= 15 is 0 Å². The van der Waals surface area contributed by atoms with E-state index in [-0.39, 0.29) is 5.97 Å². The van der Waals surface area contributed by atoms with Crippen molar-refractivity contribution >= 4 is 5.97 Å². The highest BCUT2D eigenvalue weighted by molar-refractivity contribution is 5.89. The molecule has 108 valence electrons. The number of hydrogen-bond donors (Lipinski definition) is 1.